The maximum Gasteiger partial charge on any atom is 0.343 e. The van der Waals surface area contributed by atoms with Gasteiger partial charge in [0.15, 0.2) is 0 Å². The highest BCUT2D eigenvalue weighted by Gasteiger charge is 2.36. The highest BCUT2D eigenvalue weighted by Crippen LogP contribution is 2.33. The Kier molecular flexibility index (Phi) is 5.95. The van der Waals surface area contributed by atoms with Crippen LogP contribution in [0, 0.1) is 12.3 Å². The number of nitrogens with zero attached hydrogens (tertiary/aromatic N) is 2. The van der Waals surface area contributed by atoms with E-state index in [1.807, 2.05) is 0 Å². The number of halogens is 3. The first-order valence-electron chi connectivity index (χ1n) is 5.74. The summed E-state index contributed by atoms with van der Waals surface area (Å²) in [7, 11) is 0. The average Bonchev–Trinajstić information content (AvgIpc) is 2.38. The van der Waals surface area contributed by atoms with Crippen molar-refractivity contribution in [2.75, 3.05) is 6.61 Å². The van der Waals surface area contributed by atoms with Gasteiger partial charge in [-0.25, -0.2) is 4.79 Å². The lowest BCUT2D eigenvalue weighted by Crippen LogP contribution is -2.27. The van der Waals surface area contributed by atoms with Crippen molar-refractivity contribution < 1.29 is 14.6 Å². The van der Waals surface area contributed by atoms with Crippen LogP contribution in [0.15, 0.2) is 18.0 Å². The molecular weight excluding hydrogens is 341 g/mol. The largest absolute Gasteiger partial charge is 0.506 e. The average molecular weight is 353 g/mol. The molecule has 0 aliphatic heterocycles. The minimum Gasteiger partial charge on any atom is -0.506 e. The Morgan fingerprint density at radius 1 is 1.38 bits per heavy atom. The molecule has 0 saturated carbocycles. The molecule has 1 aromatic rings. The molecule has 0 saturated heterocycles. The molecule has 0 unspecified atom stereocenters. The lowest BCUT2D eigenvalue weighted by molar-refractivity contribution is -0.137. The molecule has 0 bridgehead atoms. The zero-order chi connectivity index (χ0) is 16.2. The van der Waals surface area contributed by atoms with Crippen LogP contribution in [0.5, 0.6) is 0 Å². The number of aliphatic hydroxyl groups is 1. The van der Waals surface area contributed by atoms with E-state index in [1.54, 1.807) is 13.8 Å². The van der Waals surface area contributed by atoms with Crippen molar-refractivity contribution in [3.05, 3.63) is 29.1 Å². The molecule has 0 aromatic carbocycles. The number of rotatable bonds is 4. The second-order valence-electron chi connectivity index (χ2n) is 3.90. The van der Waals surface area contributed by atoms with Crippen LogP contribution in [0.1, 0.15) is 18.1 Å². The molecule has 2 N–H and O–H groups in total. The molecule has 0 aliphatic rings. The van der Waals surface area contributed by atoms with Crippen molar-refractivity contribution in [3.8, 4) is 0 Å². The number of carbonyl (C=O) groups excluding carboxylic acids is 1. The molecule has 0 radical (unpaired) electrons. The summed E-state index contributed by atoms with van der Waals surface area (Å²) in [6, 6.07) is 0. The molecule has 0 atom stereocenters. The third kappa shape index (κ3) is 4.30. The lowest BCUT2D eigenvalue weighted by atomic mass is 10.0. The van der Waals surface area contributed by atoms with Crippen LogP contribution < -0.4 is 0 Å². The topological polar surface area (TPSA) is 96.2 Å². The Bertz CT molecular complexity index is 597. The molecule has 0 fully saturated rings. The van der Waals surface area contributed by atoms with E-state index in [2.05, 4.69) is 10.2 Å². The van der Waals surface area contributed by atoms with E-state index in [1.165, 1.54) is 12.4 Å². The first kappa shape index (κ1) is 17.7. The van der Waals surface area contributed by atoms with Gasteiger partial charge in [0.1, 0.15) is 17.0 Å². The Morgan fingerprint density at radius 2 is 1.95 bits per heavy atom. The van der Waals surface area contributed by atoms with Crippen LogP contribution in [0.4, 0.5) is 0 Å². The second kappa shape index (κ2) is 7.06. The zero-order valence-electron chi connectivity index (χ0n) is 11.2. The number of hydrogen-bond acceptors (Lipinski definition) is 6. The van der Waals surface area contributed by atoms with Gasteiger partial charge in [-0.05, 0) is 19.4 Å². The molecule has 1 aromatic heterocycles. The van der Waals surface area contributed by atoms with Crippen LogP contribution in [0.25, 0.3) is 5.76 Å². The first-order chi connectivity index (χ1) is 9.70. The van der Waals surface area contributed by atoms with E-state index in [0.29, 0.717) is 5.56 Å². The number of ether oxygens (including phenoxy) is 1. The minimum atomic E-state index is -2.19. The van der Waals surface area contributed by atoms with E-state index in [9.17, 15) is 9.90 Å². The maximum absolute atomic E-state index is 12.0. The van der Waals surface area contributed by atoms with Crippen molar-refractivity contribution in [3.63, 3.8) is 0 Å². The fourth-order valence-corrected chi connectivity index (χ4v) is 1.71. The molecular formula is C12H12Cl3N3O3. The highest BCUT2D eigenvalue weighted by molar-refractivity contribution is 6.78. The van der Waals surface area contributed by atoms with Gasteiger partial charge in [0, 0.05) is 5.56 Å². The molecule has 0 aliphatic carbocycles. The molecule has 6 nitrogen and oxygen atoms in total. The molecule has 0 amide bonds. The Hall–Kier alpha value is -1.37. The number of nitrogens with one attached hydrogen (secondary N) is 1. The van der Waals surface area contributed by atoms with E-state index in [0.717, 1.165) is 0 Å². The van der Waals surface area contributed by atoms with Crippen LogP contribution in [-0.4, -0.2) is 37.4 Å². The third-order valence-electron chi connectivity index (χ3n) is 2.43. The summed E-state index contributed by atoms with van der Waals surface area (Å²) in [5.41, 5.74) is -0.513. The Labute approximate surface area is 136 Å². The summed E-state index contributed by atoms with van der Waals surface area (Å²) in [4.78, 5) is 12.0. The number of aliphatic hydroxyl groups excluding tert-OH is 1. The highest BCUT2D eigenvalue weighted by atomic mass is 35.6. The van der Waals surface area contributed by atoms with Gasteiger partial charge in [-0.2, -0.15) is 10.2 Å². The quantitative estimate of drug-likeness (QED) is 0.285. The zero-order valence-corrected chi connectivity index (χ0v) is 13.4. The van der Waals surface area contributed by atoms with Crippen LogP contribution in [-0.2, 0) is 9.53 Å². The van der Waals surface area contributed by atoms with E-state index >= 15 is 0 Å². The summed E-state index contributed by atoms with van der Waals surface area (Å²) in [5, 5.41) is 25.3. The maximum atomic E-state index is 12.0. The minimum absolute atomic E-state index is 0.0380. The van der Waals surface area contributed by atoms with Crippen LogP contribution in [0.3, 0.4) is 0 Å². The SMILES string of the molecule is CCOC(=O)C(C(=N)C(Cl)(Cl)Cl)=C(O)c1cnncc1C. The normalized spacial score (nSPS) is 12.6. The number of alkyl halides is 3. The first-order valence-corrected chi connectivity index (χ1v) is 6.87. The third-order valence-corrected chi connectivity index (χ3v) is 3.00. The molecule has 114 valence electrons. The van der Waals surface area contributed by atoms with Gasteiger partial charge in [-0.1, -0.05) is 34.8 Å². The van der Waals surface area contributed by atoms with Gasteiger partial charge in [-0.3, -0.25) is 5.41 Å². The van der Waals surface area contributed by atoms with E-state index < -0.39 is 26.8 Å². The Balaban J connectivity index is 3.48. The van der Waals surface area contributed by atoms with Gasteiger partial charge in [0.05, 0.1) is 19.0 Å². The van der Waals surface area contributed by atoms with Gasteiger partial charge in [0.25, 0.3) is 0 Å². The summed E-state index contributed by atoms with van der Waals surface area (Å²) < 4.78 is 2.60. The predicted molar refractivity (Wildman–Crippen MR) is 81.0 cm³/mol. The van der Waals surface area contributed by atoms with Crippen LogP contribution >= 0.6 is 34.8 Å². The van der Waals surface area contributed by atoms with Gasteiger partial charge in [0.2, 0.25) is 3.79 Å². The Morgan fingerprint density at radius 3 is 2.43 bits per heavy atom. The van der Waals surface area contributed by atoms with Crippen molar-refractivity contribution >= 4 is 52.2 Å². The van der Waals surface area contributed by atoms with Crippen LogP contribution in [0.2, 0.25) is 0 Å². The molecule has 21 heavy (non-hydrogen) atoms. The number of hydrogen-bond donors (Lipinski definition) is 2. The molecule has 1 heterocycles. The number of aromatic nitrogens is 2. The van der Waals surface area contributed by atoms with E-state index in [-0.39, 0.29) is 12.2 Å². The van der Waals surface area contributed by atoms with Crippen molar-refractivity contribution in [1.29, 1.82) is 5.41 Å². The van der Waals surface area contributed by atoms with Gasteiger partial charge in [-0.15, -0.1) is 0 Å². The van der Waals surface area contributed by atoms with Gasteiger partial charge >= 0.3 is 5.97 Å². The summed E-state index contributed by atoms with van der Waals surface area (Å²) in [6.45, 7) is 3.25. The number of aryl methyl sites for hydroxylation is 1. The summed E-state index contributed by atoms with van der Waals surface area (Å²) in [6.07, 6.45) is 2.61. The number of esters is 1. The second-order valence-corrected chi connectivity index (χ2v) is 6.18. The fourth-order valence-electron chi connectivity index (χ4n) is 1.43. The summed E-state index contributed by atoms with van der Waals surface area (Å²) in [5.74, 6) is -1.53. The standard InChI is InChI=1S/C12H12Cl3N3O3/c1-3-21-11(20)8(10(16)12(13,14)15)9(19)7-5-18-17-4-6(7)2/h4-5,16,19H,3H2,1-2H3. The predicted octanol–water partition coefficient (Wildman–Crippen LogP) is 3.01. The molecule has 9 heteroatoms. The lowest BCUT2D eigenvalue weighted by Gasteiger charge is -2.17. The molecule has 1 rings (SSSR count). The van der Waals surface area contributed by atoms with Gasteiger partial charge < -0.3 is 9.84 Å². The fraction of sp³-hybridized carbons (Fsp3) is 0.333. The number of carbonyl (C=O) groups is 1. The van der Waals surface area contributed by atoms with Crippen molar-refractivity contribution in [2.24, 2.45) is 0 Å². The van der Waals surface area contributed by atoms with Crippen molar-refractivity contribution in [2.45, 2.75) is 17.6 Å². The monoisotopic (exact) mass is 351 g/mol. The molecule has 0 spiro atoms. The summed E-state index contributed by atoms with van der Waals surface area (Å²) >= 11 is 16.9. The smallest absolute Gasteiger partial charge is 0.343 e. The van der Waals surface area contributed by atoms with Crippen molar-refractivity contribution in [1.82, 2.24) is 10.2 Å². The van der Waals surface area contributed by atoms with E-state index in [4.69, 9.17) is 44.9 Å².